The monoisotopic (exact) mass is 277 g/mol. The number of benzene rings is 1. The second-order valence-corrected chi connectivity index (χ2v) is 6.52. The quantitative estimate of drug-likeness (QED) is 0.899. The Morgan fingerprint density at radius 2 is 2.16 bits per heavy atom. The Labute approximate surface area is 118 Å². The van der Waals surface area contributed by atoms with Crippen LogP contribution in [-0.2, 0) is 0 Å². The third kappa shape index (κ3) is 1.87. The zero-order chi connectivity index (χ0) is 13.5. The molecule has 2 unspecified atom stereocenters. The molecule has 0 amide bonds. The smallest absolute Gasteiger partial charge is 0.196 e. The minimum atomic E-state index is 0.0589. The Kier molecular flexibility index (Phi) is 3.09. The van der Waals surface area contributed by atoms with Gasteiger partial charge in [0.15, 0.2) is 5.96 Å². The van der Waals surface area contributed by atoms with Crippen LogP contribution < -0.4 is 15.4 Å². The molecule has 1 fully saturated rings. The maximum absolute atomic E-state index is 6.13. The normalized spacial score (nSPS) is 29.9. The zero-order valence-electron chi connectivity index (χ0n) is 11.3. The van der Waals surface area contributed by atoms with E-state index in [4.69, 9.17) is 10.5 Å². The highest BCUT2D eigenvalue weighted by atomic mass is 32.2. The molecule has 0 bridgehead atoms. The van der Waals surface area contributed by atoms with Crippen molar-refractivity contribution >= 4 is 23.4 Å². The molecule has 102 valence electrons. The summed E-state index contributed by atoms with van der Waals surface area (Å²) in [6.07, 6.45) is 1.13. The Morgan fingerprint density at radius 1 is 1.42 bits per heavy atom. The van der Waals surface area contributed by atoms with Gasteiger partial charge >= 0.3 is 0 Å². The number of ether oxygens (including phenoxy) is 1. The molecule has 2 aliphatic rings. The van der Waals surface area contributed by atoms with Crippen LogP contribution in [0.2, 0.25) is 0 Å². The van der Waals surface area contributed by atoms with E-state index >= 15 is 0 Å². The number of methoxy groups -OCH3 is 1. The van der Waals surface area contributed by atoms with E-state index in [0.717, 1.165) is 24.4 Å². The molecule has 3 rings (SSSR count). The fourth-order valence-corrected chi connectivity index (χ4v) is 4.41. The fourth-order valence-electron chi connectivity index (χ4n) is 2.98. The van der Waals surface area contributed by atoms with Crippen molar-refractivity contribution in [3.05, 3.63) is 24.3 Å². The standard InChI is InChI=1S/C14H19N3OS/c1-10-14(7-8-19-10)9-16-13(15)17(14)11-3-5-12(18-2)6-4-11/h3-6,10H,7-9H2,1-2H3,(H2,15,16). The molecule has 2 atom stereocenters. The molecule has 0 aliphatic carbocycles. The minimum absolute atomic E-state index is 0.0589. The van der Waals surface area contributed by atoms with Crippen LogP contribution >= 0.6 is 11.8 Å². The number of hydrogen-bond donors (Lipinski definition) is 1. The number of guanidine groups is 1. The summed E-state index contributed by atoms with van der Waals surface area (Å²) in [6.45, 7) is 3.08. The third-order valence-electron chi connectivity index (χ3n) is 4.18. The summed E-state index contributed by atoms with van der Waals surface area (Å²) in [5, 5.41) is 0.541. The fraction of sp³-hybridized carbons (Fsp3) is 0.500. The second-order valence-electron chi connectivity index (χ2n) is 5.07. The van der Waals surface area contributed by atoms with Gasteiger partial charge in [0.1, 0.15) is 5.75 Å². The summed E-state index contributed by atoms with van der Waals surface area (Å²) in [5.41, 5.74) is 7.30. The van der Waals surface area contributed by atoms with Crippen molar-refractivity contribution in [1.29, 1.82) is 0 Å². The average molecular weight is 277 g/mol. The van der Waals surface area contributed by atoms with Crippen LogP contribution in [0.4, 0.5) is 5.69 Å². The van der Waals surface area contributed by atoms with E-state index in [1.807, 2.05) is 23.9 Å². The zero-order valence-corrected chi connectivity index (χ0v) is 12.1. The van der Waals surface area contributed by atoms with Gasteiger partial charge in [-0.25, -0.2) is 0 Å². The van der Waals surface area contributed by atoms with Crippen molar-refractivity contribution in [1.82, 2.24) is 0 Å². The van der Waals surface area contributed by atoms with E-state index in [1.165, 1.54) is 5.75 Å². The first kappa shape index (κ1) is 12.7. The summed E-state index contributed by atoms with van der Waals surface area (Å²) >= 11 is 2.01. The Hall–Kier alpha value is -1.36. The van der Waals surface area contributed by atoms with E-state index in [0.29, 0.717) is 11.2 Å². The number of nitrogens with zero attached hydrogens (tertiary/aromatic N) is 2. The van der Waals surface area contributed by atoms with Crippen LogP contribution in [0.15, 0.2) is 29.3 Å². The van der Waals surface area contributed by atoms with Gasteiger partial charge in [-0.1, -0.05) is 6.92 Å². The first-order valence-corrected chi connectivity index (χ1v) is 7.58. The largest absolute Gasteiger partial charge is 0.497 e. The SMILES string of the molecule is COc1ccc(N2C(N)=NCC23CCSC3C)cc1. The Balaban J connectivity index is 1.97. The summed E-state index contributed by atoms with van der Waals surface area (Å²) in [7, 11) is 1.68. The van der Waals surface area contributed by atoms with Gasteiger partial charge in [-0.15, -0.1) is 0 Å². The van der Waals surface area contributed by atoms with E-state index in [2.05, 4.69) is 28.9 Å². The average Bonchev–Trinajstić information content (AvgIpc) is 2.96. The highest BCUT2D eigenvalue weighted by molar-refractivity contribution is 8.00. The van der Waals surface area contributed by atoms with Gasteiger partial charge in [0.25, 0.3) is 0 Å². The number of rotatable bonds is 2. The van der Waals surface area contributed by atoms with Crippen LogP contribution in [0, 0.1) is 0 Å². The van der Waals surface area contributed by atoms with Gasteiger partial charge in [0.05, 0.1) is 19.2 Å². The minimum Gasteiger partial charge on any atom is -0.497 e. The molecule has 19 heavy (non-hydrogen) atoms. The third-order valence-corrected chi connectivity index (χ3v) is 5.56. The molecule has 1 aromatic carbocycles. The number of anilines is 1. The number of nitrogens with two attached hydrogens (primary N) is 1. The van der Waals surface area contributed by atoms with E-state index < -0.39 is 0 Å². The lowest BCUT2D eigenvalue weighted by Crippen LogP contribution is -2.55. The van der Waals surface area contributed by atoms with Crippen LogP contribution in [0.1, 0.15) is 13.3 Å². The van der Waals surface area contributed by atoms with Crippen molar-refractivity contribution in [3.8, 4) is 5.75 Å². The first-order chi connectivity index (χ1) is 9.17. The number of hydrogen-bond acceptors (Lipinski definition) is 5. The van der Waals surface area contributed by atoms with Gasteiger partial charge in [0.2, 0.25) is 0 Å². The topological polar surface area (TPSA) is 50.9 Å². The molecular formula is C14H19N3OS. The Bertz CT molecular complexity index is 502. The summed E-state index contributed by atoms with van der Waals surface area (Å²) in [5.74, 6) is 2.68. The molecule has 2 aliphatic heterocycles. The molecule has 1 spiro atoms. The number of thioether (sulfide) groups is 1. The van der Waals surface area contributed by atoms with E-state index in [1.54, 1.807) is 7.11 Å². The van der Waals surface area contributed by atoms with Crippen molar-refractivity contribution in [2.75, 3.05) is 24.3 Å². The highest BCUT2D eigenvalue weighted by Crippen LogP contribution is 2.44. The maximum atomic E-state index is 6.13. The molecule has 2 heterocycles. The molecule has 5 heteroatoms. The molecule has 4 nitrogen and oxygen atoms in total. The van der Waals surface area contributed by atoms with Gasteiger partial charge in [-0.2, -0.15) is 11.8 Å². The summed E-state index contributed by atoms with van der Waals surface area (Å²) < 4.78 is 5.21. The molecule has 0 aromatic heterocycles. The maximum Gasteiger partial charge on any atom is 0.196 e. The molecule has 1 aromatic rings. The molecule has 1 saturated heterocycles. The molecule has 0 saturated carbocycles. The lowest BCUT2D eigenvalue weighted by molar-refractivity contribution is 0.414. The van der Waals surface area contributed by atoms with Crippen LogP contribution in [0.25, 0.3) is 0 Å². The van der Waals surface area contributed by atoms with E-state index in [-0.39, 0.29) is 5.54 Å². The first-order valence-electron chi connectivity index (χ1n) is 6.53. The van der Waals surface area contributed by atoms with Gasteiger partial charge < -0.3 is 15.4 Å². The van der Waals surface area contributed by atoms with Crippen molar-refractivity contribution in [3.63, 3.8) is 0 Å². The predicted molar refractivity (Wildman–Crippen MR) is 81.2 cm³/mol. The van der Waals surface area contributed by atoms with Crippen molar-refractivity contribution < 1.29 is 4.74 Å². The van der Waals surface area contributed by atoms with Crippen LogP contribution in [0.5, 0.6) is 5.75 Å². The van der Waals surface area contributed by atoms with Crippen LogP contribution in [0.3, 0.4) is 0 Å². The van der Waals surface area contributed by atoms with Crippen LogP contribution in [-0.4, -0.2) is 36.2 Å². The Morgan fingerprint density at radius 3 is 2.74 bits per heavy atom. The molecule has 0 radical (unpaired) electrons. The molecular weight excluding hydrogens is 258 g/mol. The predicted octanol–water partition coefficient (Wildman–Crippen LogP) is 2.09. The van der Waals surface area contributed by atoms with Gasteiger partial charge in [0, 0.05) is 10.9 Å². The van der Waals surface area contributed by atoms with E-state index in [9.17, 15) is 0 Å². The van der Waals surface area contributed by atoms with Gasteiger partial charge in [-0.05, 0) is 36.4 Å². The lowest BCUT2D eigenvalue weighted by Gasteiger charge is -2.39. The van der Waals surface area contributed by atoms with Crippen molar-refractivity contribution in [2.24, 2.45) is 10.7 Å². The van der Waals surface area contributed by atoms with Crippen molar-refractivity contribution in [2.45, 2.75) is 24.1 Å². The highest BCUT2D eigenvalue weighted by Gasteiger charge is 2.50. The van der Waals surface area contributed by atoms with Gasteiger partial charge in [-0.3, -0.25) is 4.99 Å². The molecule has 2 N–H and O–H groups in total. The lowest BCUT2D eigenvalue weighted by atomic mass is 9.91. The summed E-state index contributed by atoms with van der Waals surface area (Å²) in [4.78, 5) is 6.72. The summed E-state index contributed by atoms with van der Waals surface area (Å²) in [6, 6.07) is 8.07. The second kappa shape index (κ2) is 4.63. The number of aliphatic imine (C=N–C) groups is 1.